The summed E-state index contributed by atoms with van der Waals surface area (Å²) in [6, 6.07) is 6.04. The lowest BCUT2D eigenvalue weighted by atomic mass is 9.95. The Kier molecular flexibility index (Phi) is 5.87. The maximum atomic E-state index is 13.1. The summed E-state index contributed by atoms with van der Waals surface area (Å²) in [5.74, 6) is 2.16. The molecule has 0 aliphatic carbocycles. The molecule has 7 nitrogen and oxygen atoms in total. The number of fused-ring (bicyclic) bond motifs is 1. The fraction of sp³-hybridized carbons (Fsp3) is 0.458. The van der Waals surface area contributed by atoms with Gasteiger partial charge in [-0.05, 0) is 51.7 Å². The molecular formula is C24H28N6OS. The molecule has 0 bridgehead atoms. The first-order valence-electron chi connectivity index (χ1n) is 11.3. The minimum absolute atomic E-state index is 0.0844. The highest BCUT2D eigenvalue weighted by molar-refractivity contribution is 7.11. The first-order valence-corrected chi connectivity index (χ1v) is 12.2. The van der Waals surface area contributed by atoms with Gasteiger partial charge in [0, 0.05) is 43.0 Å². The molecule has 2 aliphatic rings. The van der Waals surface area contributed by atoms with Gasteiger partial charge >= 0.3 is 0 Å². The van der Waals surface area contributed by atoms with Gasteiger partial charge in [0.15, 0.2) is 0 Å². The van der Waals surface area contributed by atoms with Gasteiger partial charge in [-0.25, -0.2) is 15.0 Å². The summed E-state index contributed by atoms with van der Waals surface area (Å²) in [7, 11) is 0. The molecule has 1 fully saturated rings. The Morgan fingerprint density at radius 3 is 2.81 bits per heavy atom. The van der Waals surface area contributed by atoms with E-state index in [1.54, 1.807) is 5.51 Å². The number of carbonyl (C=O) groups excluding carboxylic acids is 1. The lowest BCUT2D eigenvalue weighted by molar-refractivity contribution is 0.0708. The van der Waals surface area contributed by atoms with Crippen molar-refractivity contribution in [2.24, 2.45) is 0 Å². The van der Waals surface area contributed by atoms with E-state index in [0.717, 1.165) is 78.9 Å². The summed E-state index contributed by atoms with van der Waals surface area (Å²) in [4.78, 5) is 36.9. The molecule has 2 aliphatic heterocycles. The van der Waals surface area contributed by atoms with Gasteiger partial charge in [0.25, 0.3) is 5.91 Å². The fourth-order valence-corrected chi connectivity index (χ4v) is 5.53. The summed E-state index contributed by atoms with van der Waals surface area (Å²) >= 11 is 1.42. The van der Waals surface area contributed by atoms with Crippen LogP contribution in [0.15, 0.2) is 29.9 Å². The standard InChI is InChI=1S/C24H28N6OS/c1-16-20-9-6-11-29(14-19-8-3-4-10-25-19)23(20)28-22(27-16)18-7-5-12-30(13-18)24(31)21-17(2)26-15-32-21/h3-4,8,10,15,18H,5-7,9,11-14H2,1-2H3/t18-/m0/s1. The van der Waals surface area contributed by atoms with Gasteiger partial charge in [-0.2, -0.15) is 0 Å². The van der Waals surface area contributed by atoms with Crippen molar-refractivity contribution in [1.29, 1.82) is 0 Å². The zero-order valence-corrected chi connectivity index (χ0v) is 19.4. The minimum atomic E-state index is 0.0844. The zero-order chi connectivity index (χ0) is 22.1. The predicted molar refractivity (Wildman–Crippen MR) is 125 cm³/mol. The van der Waals surface area contributed by atoms with Crippen LogP contribution in [0.25, 0.3) is 0 Å². The second-order valence-corrected chi connectivity index (χ2v) is 9.53. The Labute approximate surface area is 192 Å². The Bertz CT molecular complexity index is 1110. The largest absolute Gasteiger partial charge is 0.350 e. The molecule has 1 atom stereocenters. The molecule has 3 aromatic heterocycles. The second-order valence-electron chi connectivity index (χ2n) is 8.67. The molecule has 0 aromatic carbocycles. The molecule has 3 aromatic rings. The zero-order valence-electron chi connectivity index (χ0n) is 18.6. The van der Waals surface area contributed by atoms with E-state index in [1.807, 2.05) is 30.2 Å². The second kappa shape index (κ2) is 8.94. The van der Waals surface area contributed by atoms with Crippen LogP contribution < -0.4 is 4.90 Å². The van der Waals surface area contributed by atoms with E-state index in [4.69, 9.17) is 9.97 Å². The quantitative estimate of drug-likeness (QED) is 0.602. The predicted octanol–water partition coefficient (Wildman–Crippen LogP) is 3.92. The Morgan fingerprint density at radius 1 is 1.12 bits per heavy atom. The topological polar surface area (TPSA) is 75.1 Å². The molecule has 0 spiro atoms. The number of carbonyl (C=O) groups is 1. The number of aromatic nitrogens is 4. The van der Waals surface area contributed by atoms with Gasteiger partial charge in [-0.15, -0.1) is 11.3 Å². The molecule has 1 saturated heterocycles. The monoisotopic (exact) mass is 448 g/mol. The minimum Gasteiger partial charge on any atom is -0.350 e. The van der Waals surface area contributed by atoms with Crippen molar-refractivity contribution in [3.05, 3.63) is 63.3 Å². The van der Waals surface area contributed by atoms with Crippen molar-refractivity contribution >= 4 is 23.1 Å². The molecule has 5 rings (SSSR count). The third kappa shape index (κ3) is 4.11. The van der Waals surface area contributed by atoms with E-state index in [0.29, 0.717) is 6.54 Å². The normalized spacial score (nSPS) is 18.5. The summed E-state index contributed by atoms with van der Waals surface area (Å²) in [5.41, 5.74) is 5.92. The average molecular weight is 449 g/mol. The molecule has 8 heteroatoms. The van der Waals surface area contributed by atoms with Gasteiger partial charge in [0.1, 0.15) is 16.5 Å². The van der Waals surface area contributed by atoms with Crippen molar-refractivity contribution in [2.45, 2.75) is 52.0 Å². The maximum absolute atomic E-state index is 13.1. The fourth-order valence-electron chi connectivity index (χ4n) is 4.76. The molecule has 32 heavy (non-hydrogen) atoms. The summed E-state index contributed by atoms with van der Waals surface area (Å²) in [6.07, 6.45) is 5.92. The van der Waals surface area contributed by atoms with Crippen molar-refractivity contribution in [3.63, 3.8) is 0 Å². The molecule has 0 saturated carbocycles. The average Bonchev–Trinajstić information content (AvgIpc) is 3.25. The third-order valence-corrected chi connectivity index (χ3v) is 7.37. The van der Waals surface area contributed by atoms with Gasteiger partial charge in [-0.1, -0.05) is 6.07 Å². The summed E-state index contributed by atoms with van der Waals surface area (Å²) in [6.45, 7) is 7.16. The maximum Gasteiger partial charge on any atom is 0.265 e. The van der Waals surface area contributed by atoms with Crippen LogP contribution in [0.5, 0.6) is 0 Å². The number of amides is 1. The number of hydrogen-bond donors (Lipinski definition) is 0. The number of rotatable bonds is 4. The number of nitrogens with zero attached hydrogens (tertiary/aromatic N) is 6. The Balaban J connectivity index is 1.40. The SMILES string of the molecule is Cc1ncsc1C(=O)N1CCC[C@H](c2nc(C)c3c(n2)N(Cc2ccccn2)CCC3)C1. The molecule has 0 unspecified atom stereocenters. The van der Waals surface area contributed by atoms with Gasteiger partial charge in [0.2, 0.25) is 0 Å². The number of likely N-dealkylation sites (tertiary alicyclic amines) is 1. The van der Waals surface area contributed by atoms with Crippen molar-refractivity contribution in [2.75, 3.05) is 24.5 Å². The highest BCUT2D eigenvalue weighted by Crippen LogP contribution is 2.33. The third-order valence-electron chi connectivity index (χ3n) is 6.46. The number of pyridine rings is 1. The molecule has 5 heterocycles. The van der Waals surface area contributed by atoms with Crippen LogP contribution in [0, 0.1) is 13.8 Å². The number of hydrogen-bond acceptors (Lipinski definition) is 7. The van der Waals surface area contributed by atoms with E-state index in [2.05, 4.69) is 27.9 Å². The van der Waals surface area contributed by atoms with Crippen LogP contribution in [-0.4, -0.2) is 50.4 Å². The first kappa shape index (κ1) is 21.0. The number of anilines is 1. The van der Waals surface area contributed by atoms with E-state index in [-0.39, 0.29) is 11.8 Å². The van der Waals surface area contributed by atoms with E-state index in [1.165, 1.54) is 16.9 Å². The molecule has 0 N–H and O–H groups in total. The van der Waals surface area contributed by atoms with E-state index < -0.39 is 0 Å². The highest BCUT2D eigenvalue weighted by atomic mass is 32.1. The number of aryl methyl sites for hydroxylation is 2. The summed E-state index contributed by atoms with van der Waals surface area (Å²) in [5, 5.41) is 0. The number of thiazole rings is 1. The lowest BCUT2D eigenvalue weighted by Crippen LogP contribution is -2.40. The van der Waals surface area contributed by atoms with Crippen molar-refractivity contribution in [1.82, 2.24) is 24.8 Å². The van der Waals surface area contributed by atoms with Crippen molar-refractivity contribution < 1.29 is 4.79 Å². The Morgan fingerprint density at radius 2 is 2.03 bits per heavy atom. The molecule has 166 valence electrons. The molecule has 1 amide bonds. The molecule has 0 radical (unpaired) electrons. The Hall–Kier alpha value is -2.87. The van der Waals surface area contributed by atoms with E-state index >= 15 is 0 Å². The van der Waals surface area contributed by atoms with Crippen LogP contribution in [0.2, 0.25) is 0 Å². The van der Waals surface area contributed by atoms with Crippen LogP contribution in [-0.2, 0) is 13.0 Å². The van der Waals surface area contributed by atoms with Crippen LogP contribution in [0.3, 0.4) is 0 Å². The highest BCUT2D eigenvalue weighted by Gasteiger charge is 2.31. The number of piperidine rings is 1. The van der Waals surface area contributed by atoms with Gasteiger partial charge in [-0.3, -0.25) is 9.78 Å². The van der Waals surface area contributed by atoms with Crippen LogP contribution in [0.1, 0.15) is 63.3 Å². The molecular weight excluding hydrogens is 420 g/mol. The van der Waals surface area contributed by atoms with Crippen LogP contribution in [0.4, 0.5) is 5.82 Å². The summed E-state index contributed by atoms with van der Waals surface area (Å²) < 4.78 is 0. The smallest absolute Gasteiger partial charge is 0.265 e. The van der Waals surface area contributed by atoms with Gasteiger partial charge < -0.3 is 9.80 Å². The van der Waals surface area contributed by atoms with Crippen molar-refractivity contribution in [3.8, 4) is 0 Å². The lowest BCUT2D eigenvalue weighted by Gasteiger charge is -2.34. The first-order chi connectivity index (χ1) is 15.6. The van der Waals surface area contributed by atoms with E-state index in [9.17, 15) is 4.79 Å². The van der Waals surface area contributed by atoms with Crippen LogP contribution >= 0.6 is 11.3 Å². The van der Waals surface area contributed by atoms with Gasteiger partial charge in [0.05, 0.1) is 23.4 Å².